The van der Waals surface area contributed by atoms with Gasteiger partial charge in [-0.05, 0) is 54.8 Å². The molecule has 1 aliphatic heterocycles. The van der Waals surface area contributed by atoms with Crippen LogP contribution in [0.15, 0.2) is 42.5 Å². The molecule has 6 heteroatoms. The van der Waals surface area contributed by atoms with Gasteiger partial charge in [0.2, 0.25) is 0 Å². The number of nitrogens with zero attached hydrogens (tertiary/aromatic N) is 2. The number of aromatic nitrogens is 2. The number of H-pyrrole nitrogens is 1. The number of hydrogen-bond donors (Lipinski definition) is 1. The van der Waals surface area contributed by atoms with E-state index < -0.39 is 0 Å². The molecule has 1 aliphatic rings. The molecular formula is C22H23N3O3. The van der Waals surface area contributed by atoms with Gasteiger partial charge in [0.05, 0.1) is 7.11 Å². The van der Waals surface area contributed by atoms with Gasteiger partial charge >= 0.3 is 0 Å². The number of likely N-dealkylation sites (tertiary alicyclic amines) is 1. The highest BCUT2D eigenvalue weighted by Crippen LogP contribution is 2.26. The van der Waals surface area contributed by atoms with Gasteiger partial charge in [0, 0.05) is 30.3 Å². The average Bonchev–Trinajstić information content (AvgIpc) is 3.18. The van der Waals surface area contributed by atoms with Crippen molar-refractivity contribution >= 4 is 22.5 Å². The van der Waals surface area contributed by atoms with Crippen LogP contribution < -0.4 is 4.74 Å². The topological polar surface area (TPSA) is 75.3 Å². The van der Waals surface area contributed by atoms with Crippen molar-refractivity contribution in [2.45, 2.75) is 19.8 Å². The first-order valence-corrected chi connectivity index (χ1v) is 9.48. The molecule has 0 saturated carbocycles. The van der Waals surface area contributed by atoms with Crippen molar-refractivity contribution in [2.75, 3.05) is 20.2 Å². The summed E-state index contributed by atoms with van der Waals surface area (Å²) in [7, 11) is 1.64. The van der Waals surface area contributed by atoms with Gasteiger partial charge in [-0.2, -0.15) is 5.10 Å². The maximum Gasteiger partial charge on any atom is 0.274 e. The SMILES string of the molecule is COc1ccc2cc(C(=O)C3CCCN(C(=O)c4cc(C)[nH]n4)C3)ccc2c1. The number of amides is 1. The number of nitrogens with one attached hydrogen (secondary N) is 1. The number of carbonyl (C=O) groups excluding carboxylic acids is 2. The maximum absolute atomic E-state index is 13.1. The average molecular weight is 377 g/mol. The van der Waals surface area contributed by atoms with Crippen LogP contribution in [-0.2, 0) is 0 Å². The number of ketones is 1. The van der Waals surface area contributed by atoms with Crippen molar-refractivity contribution in [3.05, 3.63) is 59.4 Å². The zero-order chi connectivity index (χ0) is 19.7. The summed E-state index contributed by atoms with van der Waals surface area (Å²) in [5.74, 6) is 0.580. The molecule has 0 spiro atoms. The zero-order valence-corrected chi connectivity index (χ0v) is 16.1. The molecule has 1 amide bonds. The number of ether oxygens (including phenoxy) is 1. The van der Waals surface area contributed by atoms with Crippen LogP contribution in [-0.4, -0.2) is 47.0 Å². The molecule has 1 fully saturated rings. The van der Waals surface area contributed by atoms with Gasteiger partial charge in [-0.15, -0.1) is 0 Å². The maximum atomic E-state index is 13.1. The third-order valence-corrected chi connectivity index (χ3v) is 5.34. The fourth-order valence-electron chi connectivity index (χ4n) is 3.80. The highest BCUT2D eigenvalue weighted by molar-refractivity contribution is 6.02. The molecule has 0 bridgehead atoms. The van der Waals surface area contributed by atoms with E-state index in [1.165, 1.54) is 0 Å². The zero-order valence-electron chi connectivity index (χ0n) is 16.1. The summed E-state index contributed by atoms with van der Waals surface area (Å²) in [6.07, 6.45) is 1.61. The molecule has 144 valence electrons. The van der Waals surface area contributed by atoms with Crippen molar-refractivity contribution in [2.24, 2.45) is 5.92 Å². The minimum Gasteiger partial charge on any atom is -0.497 e. The van der Waals surface area contributed by atoms with Crippen LogP contribution >= 0.6 is 0 Å². The second-order valence-corrected chi connectivity index (χ2v) is 7.32. The van der Waals surface area contributed by atoms with Crippen LogP contribution in [0.2, 0.25) is 0 Å². The van der Waals surface area contributed by atoms with Gasteiger partial charge in [0.15, 0.2) is 5.78 Å². The lowest BCUT2D eigenvalue weighted by atomic mass is 9.89. The van der Waals surface area contributed by atoms with E-state index in [0.29, 0.717) is 24.3 Å². The molecule has 1 unspecified atom stereocenters. The van der Waals surface area contributed by atoms with Crippen molar-refractivity contribution in [3.8, 4) is 5.75 Å². The van der Waals surface area contributed by atoms with Gasteiger partial charge in [-0.3, -0.25) is 14.7 Å². The Hall–Kier alpha value is -3.15. The third-order valence-electron chi connectivity index (χ3n) is 5.34. The number of benzene rings is 2. The quantitative estimate of drug-likeness (QED) is 0.705. The molecule has 1 N–H and O–H groups in total. The molecule has 2 heterocycles. The Labute approximate surface area is 163 Å². The monoisotopic (exact) mass is 377 g/mol. The highest BCUT2D eigenvalue weighted by Gasteiger charge is 2.30. The summed E-state index contributed by atoms with van der Waals surface area (Å²) in [6, 6.07) is 13.3. The van der Waals surface area contributed by atoms with Crippen LogP contribution in [0.5, 0.6) is 5.75 Å². The first-order valence-electron chi connectivity index (χ1n) is 9.48. The van der Waals surface area contributed by atoms with Gasteiger partial charge < -0.3 is 9.64 Å². The second-order valence-electron chi connectivity index (χ2n) is 7.32. The Morgan fingerprint density at radius 3 is 2.68 bits per heavy atom. The minimum atomic E-state index is -0.187. The summed E-state index contributed by atoms with van der Waals surface area (Å²) in [6.45, 7) is 2.96. The largest absolute Gasteiger partial charge is 0.497 e. The van der Waals surface area contributed by atoms with Gasteiger partial charge in [0.1, 0.15) is 11.4 Å². The summed E-state index contributed by atoms with van der Waals surface area (Å²) in [5.41, 5.74) is 1.94. The van der Waals surface area contributed by atoms with Crippen LogP contribution in [0.1, 0.15) is 39.4 Å². The molecule has 1 atom stereocenters. The Kier molecular flexibility index (Phi) is 4.86. The summed E-state index contributed by atoms with van der Waals surface area (Å²) in [5, 5.41) is 8.89. The molecular weight excluding hydrogens is 354 g/mol. The number of piperidine rings is 1. The number of hydrogen-bond acceptors (Lipinski definition) is 4. The predicted molar refractivity (Wildman–Crippen MR) is 107 cm³/mol. The normalized spacial score (nSPS) is 16.9. The standard InChI is InChI=1S/C22H23N3O3/c1-14-10-20(24-23-14)22(27)25-9-3-4-18(13-25)21(26)17-6-5-16-12-19(28-2)8-7-15(16)11-17/h5-8,10-12,18H,3-4,9,13H2,1-2H3,(H,23,24). The van der Waals surface area contributed by atoms with Crippen LogP contribution in [0.4, 0.5) is 0 Å². The minimum absolute atomic E-state index is 0.0911. The van der Waals surface area contributed by atoms with E-state index in [1.54, 1.807) is 18.1 Å². The van der Waals surface area contributed by atoms with E-state index in [1.807, 2.05) is 43.3 Å². The smallest absolute Gasteiger partial charge is 0.274 e. The fraction of sp³-hybridized carbons (Fsp3) is 0.318. The van der Waals surface area contributed by atoms with E-state index in [9.17, 15) is 9.59 Å². The molecule has 1 aromatic heterocycles. The Morgan fingerprint density at radius 1 is 1.14 bits per heavy atom. The lowest BCUT2D eigenvalue weighted by Crippen LogP contribution is -2.42. The number of fused-ring (bicyclic) bond motifs is 1. The van der Waals surface area contributed by atoms with Crippen molar-refractivity contribution < 1.29 is 14.3 Å². The summed E-state index contributed by atoms with van der Waals surface area (Å²) < 4.78 is 5.26. The van der Waals surface area contributed by atoms with Crippen LogP contribution in [0.25, 0.3) is 10.8 Å². The van der Waals surface area contributed by atoms with Crippen LogP contribution in [0, 0.1) is 12.8 Å². The number of Topliss-reactive ketones (excluding diaryl/α,β-unsaturated/α-hetero) is 1. The molecule has 3 aromatic rings. The Balaban J connectivity index is 1.52. The van der Waals surface area contributed by atoms with Crippen LogP contribution in [0.3, 0.4) is 0 Å². The summed E-state index contributed by atoms with van der Waals surface area (Å²) >= 11 is 0. The molecule has 0 aliphatic carbocycles. The lowest BCUT2D eigenvalue weighted by Gasteiger charge is -2.31. The van der Waals surface area contributed by atoms with E-state index in [0.717, 1.165) is 35.1 Å². The number of methoxy groups -OCH3 is 1. The number of aromatic amines is 1. The predicted octanol–water partition coefficient (Wildman–Crippen LogP) is 3.62. The molecule has 28 heavy (non-hydrogen) atoms. The first kappa shape index (κ1) is 18.2. The molecule has 0 radical (unpaired) electrons. The fourth-order valence-corrected chi connectivity index (χ4v) is 3.80. The van der Waals surface area contributed by atoms with Crippen molar-refractivity contribution in [1.82, 2.24) is 15.1 Å². The second kappa shape index (κ2) is 7.46. The van der Waals surface area contributed by atoms with Gasteiger partial charge in [-0.1, -0.05) is 18.2 Å². The van der Waals surface area contributed by atoms with Crippen molar-refractivity contribution in [3.63, 3.8) is 0 Å². The molecule has 4 rings (SSSR count). The summed E-state index contributed by atoms with van der Waals surface area (Å²) in [4.78, 5) is 27.5. The van der Waals surface area contributed by atoms with Gasteiger partial charge in [0.25, 0.3) is 5.91 Å². The first-order chi connectivity index (χ1) is 13.5. The third kappa shape index (κ3) is 3.50. The Bertz CT molecular complexity index is 1040. The highest BCUT2D eigenvalue weighted by atomic mass is 16.5. The molecule has 6 nitrogen and oxygen atoms in total. The lowest BCUT2D eigenvalue weighted by molar-refractivity contribution is 0.0632. The molecule has 1 saturated heterocycles. The number of carbonyl (C=O) groups is 2. The van der Waals surface area contributed by atoms with Gasteiger partial charge in [-0.25, -0.2) is 0 Å². The number of rotatable bonds is 4. The molecule has 2 aromatic carbocycles. The van der Waals surface area contributed by atoms with E-state index >= 15 is 0 Å². The Morgan fingerprint density at radius 2 is 1.93 bits per heavy atom. The van der Waals surface area contributed by atoms with E-state index in [2.05, 4.69) is 10.2 Å². The van der Waals surface area contributed by atoms with E-state index in [-0.39, 0.29) is 17.6 Å². The van der Waals surface area contributed by atoms with E-state index in [4.69, 9.17) is 4.74 Å². The van der Waals surface area contributed by atoms with Crippen molar-refractivity contribution in [1.29, 1.82) is 0 Å². The number of aryl methyl sites for hydroxylation is 1.